The summed E-state index contributed by atoms with van der Waals surface area (Å²) in [5.41, 5.74) is 11.2. The van der Waals surface area contributed by atoms with Gasteiger partial charge in [-0.15, -0.1) is 0 Å². The highest BCUT2D eigenvalue weighted by molar-refractivity contribution is 6.06. The average molecular weight is 515 g/mol. The molecule has 38 heavy (non-hydrogen) atoms. The van der Waals surface area contributed by atoms with Crippen LogP contribution in [0.3, 0.4) is 0 Å². The van der Waals surface area contributed by atoms with Gasteiger partial charge in [0, 0.05) is 41.3 Å². The second-order valence-corrected chi connectivity index (χ2v) is 11.1. The number of nitrogens with zero attached hydrogens (tertiary/aromatic N) is 2. The predicted octanol–water partition coefficient (Wildman–Crippen LogP) is 5.22. The third-order valence-electron chi connectivity index (χ3n) is 8.59. The second kappa shape index (κ2) is 10.9. The monoisotopic (exact) mass is 514 g/mol. The van der Waals surface area contributed by atoms with Crippen LogP contribution in [0.2, 0.25) is 0 Å². The lowest BCUT2D eigenvalue weighted by molar-refractivity contribution is 0.0170. The van der Waals surface area contributed by atoms with Gasteiger partial charge in [-0.3, -0.25) is 14.2 Å². The lowest BCUT2D eigenvalue weighted by Crippen LogP contribution is -2.32. The van der Waals surface area contributed by atoms with E-state index < -0.39 is 5.91 Å². The van der Waals surface area contributed by atoms with Gasteiger partial charge in [-0.2, -0.15) is 0 Å². The van der Waals surface area contributed by atoms with Crippen molar-refractivity contribution in [3.8, 4) is 11.1 Å². The standard InChI is InChI=1S/C31H38N4O3/c32-31(37)24-15-10-21(30-25-6-1-2-7-27(25)35-28(30)8-5-9-29(35)36)20-26(24)33-22-11-13-23(14-12-22)38-19-18-34-16-3-4-17-34/h1-2,6-7,10,15,20,22-23,33H,3-5,8-9,11-14,16-19H2,(H2,32,37). The van der Waals surface area contributed by atoms with E-state index in [1.807, 2.05) is 34.9 Å². The third-order valence-corrected chi connectivity index (χ3v) is 8.59. The van der Waals surface area contributed by atoms with Crippen molar-refractivity contribution in [1.82, 2.24) is 9.47 Å². The Labute approximate surface area is 224 Å². The van der Waals surface area contributed by atoms with Gasteiger partial charge in [0.1, 0.15) is 0 Å². The van der Waals surface area contributed by atoms with E-state index >= 15 is 0 Å². The molecule has 7 heteroatoms. The number of likely N-dealkylation sites (tertiary alicyclic amines) is 1. The van der Waals surface area contributed by atoms with Crippen molar-refractivity contribution in [1.29, 1.82) is 0 Å². The molecule has 3 aliphatic rings. The van der Waals surface area contributed by atoms with Gasteiger partial charge in [-0.05, 0) is 88.2 Å². The second-order valence-electron chi connectivity index (χ2n) is 11.1. The number of hydrogen-bond donors (Lipinski definition) is 2. The first-order chi connectivity index (χ1) is 18.6. The summed E-state index contributed by atoms with van der Waals surface area (Å²) in [7, 11) is 0. The minimum Gasteiger partial charge on any atom is -0.382 e. The van der Waals surface area contributed by atoms with Crippen LogP contribution in [-0.2, 0) is 11.2 Å². The highest BCUT2D eigenvalue weighted by Crippen LogP contribution is 2.39. The average Bonchev–Trinajstić information content (AvgIpc) is 3.56. The SMILES string of the molecule is NC(=O)c1ccc(-c2c3n(c4ccccc24)C(=O)CCC3)cc1NC1CCC(OCCN2CCCC2)CC1. The summed E-state index contributed by atoms with van der Waals surface area (Å²) < 4.78 is 8.10. The Morgan fingerprint density at radius 3 is 2.58 bits per heavy atom. The highest BCUT2D eigenvalue weighted by Gasteiger charge is 2.27. The van der Waals surface area contributed by atoms with Crippen LogP contribution in [0.25, 0.3) is 22.0 Å². The Balaban J connectivity index is 1.20. The predicted molar refractivity (Wildman–Crippen MR) is 151 cm³/mol. The summed E-state index contributed by atoms with van der Waals surface area (Å²) in [5, 5.41) is 4.72. The Kier molecular flexibility index (Phi) is 7.22. The first-order valence-corrected chi connectivity index (χ1v) is 14.3. The largest absolute Gasteiger partial charge is 0.382 e. The molecule has 1 saturated heterocycles. The molecule has 3 aromatic rings. The number of carbonyl (C=O) groups excluding carboxylic acids is 2. The number of rotatable bonds is 8. The molecule has 2 aromatic carbocycles. The molecule has 200 valence electrons. The molecule has 6 rings (SSSR count). The molecule has 7 nitrogen and oxygen atoms in total. The van der Waals surface area contributed by atoms with Gasteiger partial charge in [-0.25, -0.2) is 0 Å². The minimum absolute atomic E-state index is 0.153. The molecular formula is C31H38N4O3. The molecule has 0 bridgehead atoms. The molecule has 1 aromatic heterocycles. The number of fused-ring (bicyclic) bond motifs is 3. The number of primary amides is 1. The molecule has 0 spiro atoms. The van der Waals surface area contributed by atoms with E-state index in [2.05, 4.69) is 22.3 Å². The van der Waals surface area contributed by atoms with E-state index in [0.29, 0.717) is 18.1 Å². The van der Waals surface area contributed by atoms with E-state index in [0.717, 1.165) is 85.1 Å². The van der Waals surface area contributed by atoms with Crippen LogP contribution in [0.15, 0.2) is 42.5 Å². The lowest BCUT2D eigenvalue weighted by atomic mass is 9.92. The molecule has 0 unspecified atom stereocenters. The number of anilines is 1. The minimum atomic E-state index is -0.433. The highest BCUT2D eigenvalue weighted by atomic mass is 16.5. The van der Waals surface area contributed by atoms with Crippen molar-refractivity contribution in [2.24, 2.45) is 5.73 Å². The molecule has 2 fully saturated rings. The van der Waals surface area contributed by atoms with E-state index in [4.69, 9.17) is 10.5 Å². The Morgan fingerprint density at radius 2 is 1.79 bits per heavy atom. The van der Waals surface area contributed by atoms with Crippen LogP contribution < -0.4 is 11.1 Å². The van der Waals surface area contributed by atoms with Gasteiger partial charge in [0.05, 0.1) is 23.8 Å². The fourth-order valence-corrected chi connectivity index (χ4v) is 6.64. The molecular weight excluding hydrogens is 476 g/mol. The van der Waals surface area contributed by atoms with Crippen molar-refractivity contribution in [2.75, 3.05) is 31.6 Å². The smallest absolute Gasteiger partial charge is 0.250 e. The zero-order chi connectivity index (χ0) is 26.1. The third kappa shape index (κ3) is 4.97. The first-order valence-electron chi connectivity index (χ1n) is 14.3. The molecule has 2 aliphatic heterocycles. The topological polar surface area (TPSA) is 89.6 Å². The number of benzene rings is 2. The van der Waals surface area contributed by atoms with E-state index in [-0.39, 0.29) is 11.9 Å². The molecule has 0 atom stereocenters. The van der Waals surface area contributed by atoms with Gasteiger partial charge >= 0.3 is 0 Å². The van der Waals surface area contributed by atoms with Gasteiger partial charge in [0.15, 0.2) is 0 Å². The summed E-state index contributed by atoms with van der Waals surface area (Å²) in [4.78, 5) is 27.7. The summed E-state index contributed by atoms with van der Waals surface area (Å²) in [6.45, 7) is 4.27. The van der Waals surface area contributed by atoms with E-state index in [1.165, 1.54) is 25.9 Å². The first kappa shape index (κ1) is 25.1. The van der Waals surface area contributed by atoms with Crippen LogP contribution in [0.4, 0.5) is 5.69 Å². The molecule has 1 amide bonds. The van der Waals surface area contributed by atoms with Crippen LogP contribution in [0.1, 0.15) is 72.2 Å². The quantitative estimate of drug-likeness (QED) is 0.430. The number of aromatic nitrogens is 1. The van der Waals surface area contributed by atoms with Crippen molar-refractivity contribution in [3.63, 3.8) is 0 Å². The number of hydrogen-bond acceptors (Lipinski definition) is 5. The van der Waals surface area contributed by atoms with Crippen molar-refractivity contribution < 1.29 is 14.3 Å². The number of nitrogens with two attached hydrogens (primary N) is 1. The fourth-order valence-electron chi connectivity index (χ4n) is 6.64. The van der Waals surface area contributed by atoms with Crippen LogP contribution in [0, 0.1) is 0 Å². The molecule has 3 N–H and O–H groups in total. The molecule has 1 saturated carbocycles. The Morgan fingerprint density at radius 1 is 1.00 bits per heavy atom. The van der Waals surface area contributed by atoms with Crippen molar-refractivity contribution >= 4 is 28.4 Å². The zero-order valence-corrected chi connectivity index (χ0v) is 22.1. The number of ether oxygens (including phenoxy) is 1. The Bertz CT molecular complexity index is 1330. The van der Waals surface area contributed by atoms with Crippen LogP contribution in [0.5, 0.6) is 0 Å². The van der Waals surface area contributed by atoms with E-state index in [1.54, 1.807) is 0 Å². The van der Waals surface area contributed by atoms with E-state index in [9.17, 15) is 9.59 Å². The normalized spacial score (nSPS) is 22.1. The number of amides is 1. The summed E-state index contributed by atoms with van der Waals surface area (Å²) in [5.74, 6) is -0.280. The van der Waals surface area contributed by atoms with Gasteiger partial charge < -0.3 is 20.7 Å². The van der Waals surface area contributed by atoms with Crippen LogP contribution in [-0.4, -0.2) is 59.7 Å². The van der Waals surface area contributed by atoms with Gasteiger partial charge in [-0.1, -0.05) is 24.3 Å². The number of para-hydroxylation sites is 1. The number of carbonyl (C=O) groups is 2. The Hall–Kier alpha value is -3.16. The summed E-state index contributed by atoms with van der Waals surface area (Å²) in [6, 6.07) is 14.2. The van der Waals surface area contributed by atoms with Crippen molar-refractivity contribution in [3.05, 3.63) is 53.7 Å². The van der Waals surface area contributed by atoms with Crippen molar-refractivity contribution in [2.45, 2.75) is 69.9 Å². The summed E-state index contributed by atoms with van der Waals surface area (Å²) >= 11 is 0. The maximum Gasteiger partial charge on any atom is 0.250 e. The molecule has 1 aliphatic carbocycles. The number of nitrogens with one attached hydrogen (secondary N) is 1. The fraction of sp³-hybridized carbons (Fsp3) is 0.484. The maximum atomic E-state index is 12.9. The maximum absolute atomic E-state index is 12.9. The van der Waals surface area contributed by atoms with Crippen LogP contribution >= 0.6 is 0 Å². The van der Waals surface area contributed by atoms with Gasteiger partial charge in [0.2, 0.25) is 5.91 Å². The zero-order valence-electron chi connectivity index (χ0n) is 22.1. The summed E-state index contributed by atoms with van der Waals surface area (Å²) in [6.07, 6.45) is 9.25. The molecule has 3 heterocycles. The lowest BCUT2D eigenvalue weighted by Gasteiger charge is -2.31. The molecule has 0 radical (unpaired) electrons. The van der Waals surface area contributed by atoms with Gasteiger partial charge in [0.25, 0.3) is 5.91 Å².